The number of hydrogen-bond acceptors (Lipinski definition) is 6. The maximum absolute atomic E-state index is 9.91. The predicted octanol–water partition coefficient (Wildman–Crippen LogP) is 3.88. The molecular weight excluding hydrogens is 318 g/mol. The molecule has 2 N–H and O–H groups in total. The number of nitrogens with one attached hydrogen (secondary N) is 1. The fourth-order valence-electron chi connectivity index (χ4n) is 2.63. The second-order valence-corrected chi connectivity index (χ2v) is 5.46. The van der Waals surface area contributed by atoms with E-state index in [1.807, 2.05) is 6.07 Å². The van der Waals surface area contributed by atoms with Crippen LogP contribution in [0.1, 0.15) is 11.1 Å². The number of phenolic OH excluding ortho intramolecular Hbond substituents is 1. The molecule has 0 bridgehead atoms. The van der Waals surface area contributed by atoms with E-state index in [-0.39, 0.29) is 5.75 Å². The number of rotatable bonds is 4. The van der Waals surface area contributed by atoms with Crippen LogP contribution in [0.2, 0.25) is 0 Å². The lowest BCUT2D eigenvalue weighted by Gasteiger charge is -2.15. The Balaban J connectivity index is 2.24. The topological polar surface area (TPSA) is 87.4 Å². The summed E-state index contributed by atoms with van der Waals surface area (Å²) in [5.74, 6) is 1.29. The number of aromatic hydroxyl groups is 1. The highest BCUT2D eigenvalue weighted by Crippen LogP contribution is 2.37. The van der Waals surface area contributed by atoms with Crippen molar-refractivity contribution in [3.63, 3.8) is 0 Å². The van der Waals surface area contributed by atoms with Gasteiger partial charge in [-0.2, -0.15) is 5.26 Å². The van der Waals surface area contributed by atoms with Crippen LogP contribution in [0.25, 0.3) is 10.9 Å². The van der Waals surface area contributed by atoms with E-state index in [0.29, 0.717) is 39.5 Å². The number of methoxy groups -OCH3 is 2. The first-order valence-corrected chi connectivity index (χ1v) is 7.59. The number of hydrogen-bond donors (Lipinski definition) is 2. The molecule has 0 aliphatic heterocycles. The van der Waals surface area contributed by atoms with Gasteiger partial charge in [0.1, 0.15) is 11.8 Å². The molecular formula is C19H17N3O3. The zero-order valence-corrected chi connectivity index (χ0v) is 14.1. The molecule has 0 spiro atoms. The van der Waals surface area contributed by atoms with Gasteiger partial charge in [-0.1, -0.05) is 6.07 Å². The van der Waals surface area contributed by atoms with Gasteiger partial charge in [0.15, 0.2) is 11.5 Å². The fraction of sp³-hybridized carbons (Fsp3) is 0.158. The van der Waals surface area contributed by atoms with Gasteiger partial charge in [-0.05, 0) is 25.1 Å². The number of pyridine rings is 1. The van der Waals surface area contributed by atoms with Crippen molar-refractivity contribution in [2.45, 2.75) is 6.92 Å². The normalized spacial score (nSPS) is 10.3. The fourth-order valence-corrected chi connectivity index (χ4v) is 2.63. The van der Waals surface area contributed by atoms with Crippen LogP contribution in [0.5, 0.6) is 17.2 Å². The number of anilines is 2. The van der Waals surface area contributed by atoms with Gasteiger partial charge in [-0.25, -0.2) is 0 Å². The average molecular weight is 335 g/mol. The minimum atomic E-state index is 0.182. The smallest absolute Gasteiger partial charge is 0.162 e. The monoisotopic (exact) mass is 335 g/mol. The van der Waals surface area contributed by atoms with Crippen molar-refractivity contribution in [2.75, 3.05) is 19.5 Å². The summed E-state index contributed by atoms with van der Waals surface area (Å²) in [5.41, 5.74) is 3.05. The van der Waals surface area contributed by atoms with Crippen LogP contribution < -0.4 is 14.8 Å². The van der Waals surface area contributed by atoms with E-state index in [2.05, 4.69) is 16.4 Å². The van der Waals surface area contributed by atoms with Crippen molar-refractivity contribution in [2.24, 2.45) is 0 Å². The number of nitriles is 1. The molecule has 0 unspecified atom stereocenters. The third-order valence-corrected chi connectivity index (χ3v) is 4.06. The van der Waals surface area contributed by atoms with Crippen LogP contribution in [0.3, 0.4) is 0 Å². The number of ether oxygens (including phenoxy) is 2. The zero-order chi connectivity index (χ0) is 18.0. The van der Waals surface area contributed by atoms with Crippen molar-refractivity contribution in [3.05, 3.63) is 47.7 Å². The highest BCUT2D eigenvalue weighted by Gasteiger charge is 2.15. The maximum Gasteiger partial charge on any atom is 0.162 e. The van der Waals surface area contributed by atoms with Gasteiger partial charge in [-0.15, -0.1) is 0 Å². The first-order chi connectivity index (χ1) is 12.1. The van der Waals surface area contributed by atoms with Gasteiger partial charge in [0.25, 0.3) is 0 Å². The molecule has 25 heavy (non-hydrogen) atoms. The average Bonchev–Trinajstić information content (AvgIpc) is 2.64. The summed E-state index contributed by atoms with van der Waals surface area (Å²) >= 11 is 0. The van der Waals surface area contributed by atoms with Gasteiger partial charge in [-0.3, -0.25) is 4.98 Å². The van der Waals surface area contributed by atoms with Crippen LogP contribution in [-0.4, -0.2) is 24.3 Å². The third kappa shape index (κ3) is 2.88. The molecule has 0 radical (unpaired) electrons. The van der Waals surface area contributed by atoms with Gasteiger partial charge < -0.3 is 19.9 Å². The van der Waals surface area contributed by atoms with E-state index in [1.165, 1.54) is 6.20 Å². The Labute approximate surface area is 145 Å². The summed E-state index contributed by atoms with van der Waals surface area (Å²) in [5, 5.41) is 23.4. The number of benzene rings is 2. The minimum Gasteiger partial charge on any atom is -0.508 e. The largest absolute Gasteiger partial charge is 0.508 e. The first kappa shape index (κ1) is 16.4. The van der Waals surface area contributed by atoms with E-state index in [9.17, 15) is 10.4 Å². The Kier molecular flexibility index (Phi) is 4.31. The second kappa shape index (κ2) is 6.57. The third-order valence-electron chi connectivity index (χ3n) is 4.06. The SMILES string of the molecule is COc1cc2ncc(C#N)c(Nc3cccc(O)c3C)c2cc1OC. The van der Waals surface area contributed by atoms with Crippen LogP contribution in [0, 0.1) is 18.3 Å². The molecule has 0 fully saturated rings. The summed E-state index contributed by atoms with van der Waals surface area (Å²) in [6.45, 7) is 1.80. The van der Waals surface area contributed by atoms with Crippen molar-refractivity contribution in [1.82, 2.24) is 4.98 Å². The summed E-state index contributed by atoms with van der Waals surface area (Å²) in [6, 6.07) is 10.9. The molecule has 1 heterocycles. The molecule has 2 aromatic carbocycles. The zero-order valence-electron chi connectivity index (χ0n) is 14.1. The molecule has 0 aliphatic carbocycles. The Morgan fingerprint density at radius 3 is 2.56 bits per heavy atom. The van der Waals surface area contributed by atoms with Crippen LogP contribution in [-0.2, 0) is 0 Å². The molecule has 1 aromatic heterocycles. The van der Waals surface area contributed by atoms with Crippen LogP contribution in [0.4, 0.5) is 11.4 Å². The van der Waals surface area contributed by atoms with Crippen LogP contribution in [0.15, 0.2) is 36.5 Å². The van der Waals surface area contributed by atoms with Gasteiger partial charge >= 0.3 is 0 Å². The maximum atomic E-state index is 9.91. The molecule has 6 nitrogen and oxygen atoms in total. The molecule has 0 atom stereocenters. The molecule has 0 saturated heterocycles. The van der Waals surface area contributed by atoms with Crippen molar-refractivity contribution < 1.29 is 14.6 Å². The second-order valence-electron chi connectivity index (χ2n) is 5.46. The highest BCUT2D eigenvalue weighted by atomic mass is 16.5. The quantitative estimate of drug-likeness (QED) is 0.752. The summed E-state index contributed by atoms with van der Waals surface area (Å²) in [7, 11) is 3.11. The molecule has 0 saturated carbocycles. The summed E-state index contributed by atoms with van der Waals surface area (Å²) in [6.07, 6.45) is 1.51. The van der Waals surface area contributed by atoms with Crippen molar-refractivity contribution in [3.8, 4) is 23.3 Å². The Hall–Kier alpha value is -3.46. The van der Waals surface area contributed by atoms with E-state index >= 15 is 0 Å². The number of fused-ring (bicyclic) bond motifs is 1. The summed E-state index contributed by atoms with van der Waals surface area (Å²) < 4.78 is 10.7. The lowest BCUT2D eigenvalue weighted by Crippen LogP contribution is -1.99. The van der Waals surface area contributed by atoms with Gasteiger partial charge in [0, 0.05) is 28.9 Å². The number of aromatic nitrogens is 1. The lowest BCUT2D eigenvalue weighted by molar-refractivity contribution is 0.356. The van der Waals surface area contributed by atoms with Crippen LogP contribution >= 0.6 is 0 Å². The molecule has 0 aliphatic rings. The minimum absolute atomic E-state index is 0.182. The summed E-state index contributed by atoms with van der Waals surface area (Å²) in [4.78, 5) is 4.33. The Morgan fingerprint density at radius 2 is 1.88 bits per heavy atom. The molecule has 6 heteroatoms. The standard InChI is InChI=1S/C19H17N3O3/c1-11-14(5-4-6-16(11)23)22-19-12(9-20)10-21-15-8-18(25-3)17(24-2)7-13(15)19/h4-8,10,23H,1-3H3,(H,21,22). The predicted molar refractivity (Wildman–Crippen MR) is 95.7 cm³/mol. The van der Waals surface area contributed by atoms with Gasteiger partial charge in [0.05, 0.1) is 31.0 Å². The van der Waals surface area contributed by atoms with E-state index in [1.54, 1.807) is 45.4 Å². The molecule has 0 amide bonds. The first-order valence-electron chi connectivity index (χ1n) is 7.59. The molecule has 126 valence electrons. The number of phenols is 1. The molecule has 3 rings (SSSR count). The van der Waals surface area contributed by atoms with E-state index < -0.39 is 0 Å². The Bertz CT molecular complexity index is 993. The van der Waals surface area contributed by atoms with E-state index in [4.69, 9.17) is 9.47 Å². The molecule has 3 aromatic rings. The van der Waals surface area contributed by atoms with Gasteiger partial charge in [0.2, 0.25) is 0 Å². The van der Waals surface area contributed by atoms with Crippen molar-refractivity contribution >= 4 is 22.3 Å². The highest BCUT2D eigenvalue weighted by molar-refractivity contribution is 5.97. The number of nitrogens with zero attached hydrogens (tertiary/aromatic N) is 2. The van der Waals surface area contributed by atoms with Crippen molar-refractivity contribution in [1.29, 1.82) is 5.26 Å². The Morgan fingerprint density at radius 1 is 1.16 bits per heavy atom. The van der Waals surface area contributed by atoms with E-state index in [0.717, 1.165) is 5.39 Å². The lowest BCUT2D eigenvalue weighted by atomic mass is 10.1.